The third-order valence-electron chi connectivity index (χ3n) is 1.44. The highest BCUT2D eigenvalue weighted by Crippen LogP contribution is 2.16. The van der Waals surface area contributed by atoms with E-state index in [1.54, 1.807) is 0 Å². The Morgan fingerprint density at radius 1 is 1.50 bits per heavy atom. The zero-order valence-electron chi connectivity index (χ0n) is 7.58. The van der Waals surface area contributed by atoms with Gasteiger partial charge >= 0.3 is 12.1 Å². The number of amides is 1. The molecule has 1 aromatic heterocycles. The lowest BCUT2D eigenvalue weighted by Gasteiger charge is -2.06. The summed E-state index contributed by atoms with van der Waals surface area (Å²) in [5.74, 6) is -2.42. The van der Waals surface area contributed by atoms with Crippen LogP contribution in [0.2, 0.25) is 0 Å². The summed E-state index contributed by atoms with van der Waals surface area (Å²) in [6.45, 7) is -1.53. The van der Waals surface area contributed by atoms with Crippen LogP contribution in [-0.2, 0) is 0 Å². The van der Waals surface area contributed by atoms with E-state index in [9.17, 15) is 28.1 Å². The first-order chi connectivity index (χ1) is 7.29. The summed E-state index contributed by atoms with van der Waals surface area (Å²) >= 11 is 0. The lowest BCUT2D eigenvalue weighted by Crippen LogP contribution is -2.33. The fraction of sp³-hybridized carbons (Fsp3) is 0.286. The van der Waals surface area contributed by atoms with E-state index in [2.05, 4.69) is 4.42 Å². The van der Waals surface area contributed by atoms with Crippen LogP contribution in [0.4, 0.5) is 19.1 Å². The van der Waals surface area contributed by atoms with E-state index in [0.29, 0.717) is 0 Å². The minimum absolute atomic E-state index is 0.545. The van der Waals surface area contributed by atoms with Gasteiger partial charge in [-0.05, 0) is 6.07 Å². The summed E-state index contributed by atoms with van der Waals surface area (Å²) in [7, 11) is 0. The number of hydrogen-bond acceptors (Lipinski definition) is 4. The molecule has 16 heavy (non-hydrogen) atoms. The van der Waals surface area contributed by atoms with Gasteiger partial charge in [-0.1, -0.05) is 0 Å². The molecule has 0 saturated heterocycles. The van der Waals surface area contributed by atoms with Gasteiger partial charge in [-0.15, -0.1) is 0 Å². The van der Waals surface area contributed by atoms with Crippen molar-refractivity contribution in [3.63, 3.8) is 0 Å². The van der Waals surface area contributed by atoms with E-state index in [4.69, 9.17) is 0 Å². The fourth-order valence-electron chi connectivity index (χ4n) is 0.815. The Morgan fingerprint density at radius 2 is 2.12 bits per heavy atom. The molecule has 0 aromatic carbocycles. The van der Waals surface area contributed by atoms with Crippen molar-refractivity contribution in [1.82, 2.24) is 5.32 Å². The molecule has 1 aromatic rings. The van der Waals surface area contributed by atoms with E-state index in [-0.39, 0.29) is 0 Å². The second kappa shape index (κ2) is 4.21. The number of furan rings is 1. The molecule has 1 N–H and O–H groups in total. The van der Waals surface area contributed by atoms with Crippen molar-refractivity contribution >= 4 is 11.8 Å². The van der Waals surface area contributed by atoms with Gasteiger partial charge in [0.05, 0.1) is 6.07 Å². The van der Waals surface area contributed by atoms with E-state index in [0.717, 1.165) is 12.1 Å². The molecule has 0 aliphatic heterocycles. The molecule has 0 atom stereocenters. The summed E-state index contributed by atoms with van der Waals surface area (Å²) in [5, 5.41) is 11.7. The van der Waals surface area contributed by atoms with Crippen molar-refractivity contribution in [2.24, 2.45) is 0 Å². The number of hydrogen-bond donors (Lipinski definition) is 1. The van der Waals surface area contributed by atoms with Crippen LogP contribution in [0, 0.1) is 10.1 Å². The summed E-state index contributed by atoms with van der Waals surface area (Å²) < 4.78 is 39.5. The lowest BCUT2D eigenvalue weighted by atomic mass is 10.4. The van der Waals surface area contributed by atoms with Crippen molar-refractivity contribution in [2.45, 2.75) is 6.18 Å². The number of nitro groups is 1. The quantitative estimate of drug-likeness (QED) is 0.638. The molecule has 1 heterocycles. The Labute approximate surface area is 86.2 Å². The molecule has 0 spiro atoms. The largest absolute Gasteiger partial charge is 0.433 e. The molecule has 0 aliphatic carbocycles. The lowest BCUT2D eigenvalue weighted by molar-refractivity contribution is -0.402. The maximum absolute atomic E-state index is 11.7. The van der Waals surface area contributed by atoms with Crippen LogP contribution in [0.25, 0.3) is 0 Å². The van der Waals surface area contributed by atoms with E-state index < -0.39 is 35.2 Å². The SMILES string of the molecule is O=C(NCC(F)(F)F)c1ccc([N+](=O)[O-])o1. The fourth-order valence-corrected chi connectivity index (χ4v) is 0.815. The minimum Gasteiger partial charge on any atom is -0.395 e. The van der Waals surface area contributed by atoms with Crippen LogP contribution in [0.5, 0.6) is 0 Å². The molecular formula is C7H5F3N2O4. The predicted molar refractivity (Wildman–Crippen MR) is 43.8 cm³/mol. The molecule has 1 rings (SSSR count). The molecule has 0 saturated carbocycles. The van der Waals surface area contributed by atoms with Gasteiger partial charge in [0.1, 0.15) is 11.5 Å². The summed E-state index contributed by atoms with van der Waals surface area (Å²) in [6.07, 6.45) is -4.55. The normalized spacial score (nSPS) is 11.2. The Hall–Kier alpha value is -2.06. The van der Waals surface area contributed by atoms with Gasteiger partial charge in [0.2, 0.25) is 0 Å². The molecule has 6 nitrogen and oxygen atoms in total. The smallest absolute Gasteiger partial charge is 0.395 e. The molecule has 0 fully saturated rings. The van der Waals surface area contributed by atoms with Crippen LogP contribution in [0.15, 0.2) is 16.5 Å². The number of halogens is 3. The molecule has 0 aliphatic rings. The number of alkyl halides is 3. The second-order valence-corrected chi connectivity index (χ2v) is 2.69. The maximum atomic E-state index is 11.7. The van der Waals surface area contributed by atoms with Crippen LogP contribution in [0.3, 0.4) is 0 Å². The molecular weight excluding hydrogens is 233 g/mol. The Balaban J connectivity index is 2.63. The van der Waals surface area contributed by atoms with Gasteiger partial charge in [-0.3, -0.25) is 14.9 Å². The van der Waals surface area contributed by atoms with Gasteiger partial charge in [-0.2, -0.15) is 13.2 Å². The molecule has 1 amide bonds. The highest BCUT2D eigenvalue weighted by Gasteiger charge is 2.28. The summed E-state index contributed by atoms with van der Waals surface area (Å²) in [6, 6.07) is 1.80. The Morgan fingerprint density at radius 3 is 2.56 bits per heavy atom. The topological polar surface area (TPSA) is 85.4 Å². The Kier molecular flexibility index (Phi) is 3.16. The van der Waals surface area contributed by atoms with Gasteiger partial charge in [0.15, 0.2) is 5.76 Å². The van der Waals surface area contributed by atoms with Gasteiger partial charge in [0, 0.05) is 0 Å². The van der Waals surface area contributed by atoms with Gasteiger partial charge < -0.3 is 9.73 Å². The van der Waals surface area contributed by atoms with Crippen molar-refractivity contribution in [3.05, 3.63) is 28.0 Å². The monoisotopic (exact) mass is 238 g/mol. The van der Waals surface area contributed by atoms with E-state index in [1.807, 2.05) is 0 Å². The average Bonchev–Trinajstić information content (AvgIpc) is 2.61. The summed E-state index contributed by atoms with van der Waals surface area (Å²) in [4.78, 5) is 20.3. The van der Waals surface area contributed by atoms with Gasteiger partial charge in [0.25, 0.3) is 5.91 Å². The summed E-state index contributed by atoms with van der Waals surface area (Å²) in [5.41, 5.74) is 0. The van der Waals surface area contributed by atoms with E-state index in [1.165, 1.54) is 5.32 Å². The van der Waals surface area contributed by atoms with Gasteiger partial charge in [-0.25, -0.2) is 0 Å². The van der Waals surface area contributed by atoms with E-state index >= 15 is 0 Å². The molecule has 0 unspecified atom stereocenters. The van der Waals surface area contributed by atoms with Crippen LogP contribution >= 0.6 is 0 Å². The molecule has 0 bridgehead atoms. The number of carbonyl (C=O) groups excluding carboxylic acids is 1. The van der Waals surface area contributed by atoms with Crippen molar-refractivity contribution in [3.8, 4) is 0 Å². The first-order valence-corrected chi connectivity index (χ1v) is 3.89. The molecule has 9 heteroatoms. The molecule has 0 radical (unpaired) electrons. The minimum atomic E-state index is -4.55. The number of nitrogens with one attached hydrogen (secondary N) is 1. The standard InChI is InChI=1S/C7H5F3N2O4/c8-7(9,10)3-11-6(13)4-1-2-5(16-4)12(14)15/h1-2H,3H2,(H,11,13). The Bertz CT molecular complexity index is 412. The third-order valence-corrected chi connectivity index (χ3v) is 1.44. The van der Waals surface area contributed by atoms with Crippen LogP contribution in [-0.4, -0.2) is 23.6 Å². The third kappa shape index (κ3) is 3.26. The van der Waals surface area contributed by atoms with Crippen LogP contribution in [0.1, 0.15) is 10.6 Å². The van der Waals surface area contributed by atoms with Crippen molar-refractivity contribution in [1.29, 1.82) is 0 Å². The highest BCUT2D eigenvalue weighted by atomic mass is 19.4. The number of carbonyl (C=O) groups is 1. The first-order valence-electron chi connectivity index (χ1n) is 3.89. The average molecular weight is 238 g/mol. The second-order valence-electron chi connectivity index (χ2n) is 2.69. The highest BCUT2D eigenvalue weighted by molar-refractivity contribution is 5.91. The number of nitrogens with zero attached hydrogens (tertiary/aromatic N) is 1. The molecule has 88 valence electrons. The van der Waals surface area contributed by atoms with Crippen molar-refractivity contribution < 1.29 is 27.3 Å². The first kappa shape index (κ1) is 12.0. The predicted octanol–water partition coefficient (Wildman–Crippen LogP) is 1.48. The van der Waals surface area contributed by atoms with Crippen molar-refractivity contribution in [2.75, 3.05) is 6.54 Å². The zero-order valence-corrected chi connectivity index (χ0v) is 7.58. The maximum Gasteiger partial charge on any atom is 0.433 e. The van der Waals surface area contributed by atoms with Crippen LogP contribution < -0.4 is 5.32 Å². The number of rotatable bonds is 3. The zero-order chi connectivity index (χ0) is 12.3.